The van der Waals surface area contributed by atoms with Crippen molar-refractivity contribution < 1.29 is 28.6 Å². The van der Waals surface area contributed by atoms with E-state index in [-0.39, 0.29) is 24.5 Å². The van der Waals surface area contributed by atoms with Gasteiger partial charge in [0.2, 0.25) is 0 Å². The van der Waals surface area contributed by atoms with Gasteiger partial charge in [0, 0.05) is 24.0 Å². The lowest BCUT2D eigenvalue weighted by Gasteiger charge is -2.26. The van der Waals surface area contributed by atoms with Crippen molar-refractivity contribution in [2.45, 2.75) is 44.5 Å². The summed E-state index contributed by atoms with van der Waals surface area (Å²) < 4.78 is 16.6. The van der Waals surface area contributed by atoms with Gasteiger partial charge < -0.3 is 14.2 Å². The van der Waals surface area contributed by atoms with Gasteiger partial charge in [0.05, 0.1) is 12.3 Å². The van der Waals surface area contributed by atoms with E-state index in [0.29, 0.717) is 12.0 Å². The van der Waals surface area contributed by atoms with Crippen LogP contribution in [0.15, 0.2) is 65.8 Å². The molecule has 0 saturated carbocycles. The zero-order valence-corrected chi connectivity index (χ0v) is 16.1. The first-order chi connectivity index (χ1) is 13.9. The van der Waals surface area contributed by atoms with Crippen molar-refractivity contribution in [2.24, 2.45) is 5.92 Å². The van der Waals surface area contributed by atoms with Gasteiger partial charge in [-0.2, -0.15) is 0 Å². The average Bonchev–Trinajstić information content (AvgIpc) is 3.13. The van der Waals surface area contributed by atoms with Gasteiger partial charge in [-0.05, 0) is 24.6 Å². The minimum atomic E-state index is -0.705. The maximum atomic E-state index is 12.6. The Morgan fingerprint density at radius 1 is 1.10 bits per heavy atom. The molecule has 0 aromatic heterocycles. The highest BCUT2D eigenvalue weighted by Gasteiger charge is 2.46. The van der Waals surface area contributed by atoms with Gasteiger partial charge in [-0.1, -0.05) is 42.5 Å². The third-order valence-corrected chi connectivity index (χ3v) is 5.44. The van der Waals surface area contributed by atoms with Gasteiger partial charge in [0.1, 0.15) is 18.3 Å². The summed E-state index contributed by atoms with van der Waals surface area (Å²) in [5, 5.41) is 0. The number of hydrogen-bond donors (Lipinski definition) is 0. The summed E-state index contributed by atoms with van der Waals surface area (Å²) in [4.78, 5) is 37.0. The van der Waals surface area contributed by atoms with Crippen LogP contribution < -0.4 is 0 Å². The average molecular weight is 394 g/mol. The van der Waals surface area contributed by atoms with Gasteiger partial charge in [0.15, 0.2) is 0 Å². The van der Waals surface area contributed by atoms with E-state index in [4.69, 9.17) is 14.2 Å². The molecule has 1 aromatic rings. The van der Waals surface area contributed by atoms with Crippen LogP contribution in [0.4, 0.5) is 0 Å². The van der Waals surface area contributed by atoms with E-state index < -0.39 is 36.0 Å². The molecule has 0 unspecified atom stereocenters. The molecule has 2 aliphatic heterocycles. The second-order valence-electron chi connectivity index (χ2n) is 7.67. The van der Waals surface area contributed by atoms with E-state index in [2.05, 4.69) is 6.58 Å². The Hall–Kier alpha value is -3.15. The van der Waals surface area contributed by atoms with Crippen LogP contribution in [0.1, 0.15) is 25.3 Å². The number of hydrogen-bond acceptors (Lipinski definition) is 6. The Morgan fingerprint density at radius 2 is 1.86 bits per heavy atom. The standard InChI is InChI=1S/C23H22O6/c1-13-8-17-11-16(23(26)27-17)12-19-21(14(2)22(25)29-19)18(9-13)28-20(24)10-15-6-4-3-5-7-15/h3-7,9,11,17-19,21H,2,8,10,12H2,1H3/b13-9+/t17-,18-,19+,21+/m1/s1. The quantitative estimate of drug-likeness (QED) is 0.340. The first kappa shape index (κ1) is 19.2. The second kappa shape index (κ2) is 7.70. The predicted octanol–water partition coefficient (Wildman–Crippen LogP) is 2.83. The molecular formula is C23H22O6. The first-order valence-corrected chi connectivity index (χ1v) is 9.63. The fraction of sp³-hybridized carbons (Fsp3) is 0.348. The van der Waals surface area contributed by atoms with E-state index >= 15 is 0 Å². The third-order valence-electron chi connectivity index (χ3n) is 5.44. The smallest absolute Gasteiger partial charge is 0.334 e. The highest BCUT2D eigenvalue weighted by Crippen LogP contribution is 2.38. The lowest BCUT2D eigenvalue weighted by molar-refractivity contribution is -0.149. The number of carbonyl (C=O) groups is 3. The topological polar surface area (TPSA) is 78.9 Å². The van der Waals surface area contributed by atoms with E-state index in [9.17, 15) is 14.4 Å². The summed E-state index contributed by atoms with van der Waals surface area (Å²) >= 11 is 0. The Labute approximate surface area is 168 Å². The molecule has 150 valence electrons. The van der Waals surface area contributed by atoms with E-state index in [0.717, 1.165) is 11.1 Å². The third kappa shape index (κ3) is 4.01. The summed E-state index contributed by atoms with van der Waals surface area (Å²) in [5.74, 6) is -1.88. The molecule has 0 N–H and O–H groups in total. The Kier molecular flexibility index (Phi) is 5.09. The lowest BCUT2D eigenvalue weighted by atomic mass is 9.85. The largest absolute Gasteiger partial charge is 0.458 e. The molecule has 1 aliphatic carbocycles. The van der Waals surface area contributed by atoms with Crippen molar-refractivity contribution in [3.8, 4) is 0 Å². The normalized spacial score (nSPS) is 30.4. The Morgan fingerprint density at radius 3 is 2.62 bits per heavy atom. The summed E-state index contributed by atoms with van der Waals surface area (Å²) in [6, 6.07) is 9.31. The molecule has 2 bridgehead atoms. The van der Waals surface area contributed by atoms with Gasteiger partial charge in [-0.25, -0.2) is 9.59 Å². The molecular weight excluding hydrogens is 372 g/mol. The Balaban J connectivity index is 1.61. The lowest BCUT2D eigenvalue weighted by Crippen LogP contribution is -2.33. The van der Waals surface area contributed by atoms with E-state index in [1.807, 2.05) is 43.3 Å². The fourth-order valence-corrected chi connectivity index (χ4v) is 4.07. The molecule has 3 aliphatic rings. The van der Waals surface area contributed by atoms with Crippen LogP contribution in [0.3, 0.4) is 0 Å². The summed E-state index contributed by atoms with van der Waals surface area (Å²) in [6.45, 7) is 5.75. The molecule has 1 fully saturated rings. The fourth-order valence-electron chi connectivity index (χ4n) is 4.07. The van der Waals surface area contributed by atoms with Crippen molar-refractivity contribution in [3.05, 3.63) is 71.3 Å². The van der Waals surface area contributed by atoms with Gasteiger partial charge in [0.25, 0.3) is 0 Å². The van der Waals surface area contributed by atoms with Crippen LogP contribution in [-0.4, -0.2) is 36.2 Å². The predicted molar refractivity (Wildman–Crippen MR) is 103 cm³/mol. The van der Waals surface area contributed by atoms with Crippen LogP contribution in [0.25, 0.3) is 0 Å². The zero-order valence-electron chi connectivity index (χ0n) is 16.1. The number of fused-ring (bicyclic) bond motifs is 2. The highest BCUT2D eigenvalue weighted by atomic mass is 16.6. The molecule has 0 spiro atoms. The molecule has 1 aromatic carbocycles. The van der Waals surface area contributed by atoms with Crippen molar-refractivity contribution in [3.63, 3.8) is 0 Å². The highest BCUT2D eigenvalue weighted by molar-refractivity contribution is 5.93. The number of rotatable bonds is 3. The molecule has 1 saturated heterocycles. The van der Waals surface area contributed by atoms with E-state index in [1.54, 1.807) is 6.08 Å². The number of carbonyl (C=O) groups excluding carboxylic acids is 3. The summed E-state index contributed by atoms with van der Waals surface area (Å²) in [6.07, 6.45) is 2.74. The zero-order chi connectivity index (χ0) is 20.5. The second-order valence-corrected chi connectivity index (χ2v) is 7.67. The van der Waals surface area contributed by atoms with Crippen molar-refractivity contribution in [1.29, 1.82) is 0 Å². The number of benzene rings is 1. The maximum absolute atomic E-state index is 12.6. The van der Waals surface area contributed by atoms with E-state index in [1.165, 1.54) is 0 Å². The molecule has 0 radical (unpaired) electrons. The summed E-state index contributed by atoms with van der Waals surface area (Å²) in [5.41, 5.74) is 2.47. The van der Waals surface area contributed by atoms with Crippen LogP contribution in [0.5, 0.6) is 0 Å². The maximum Gasteiger partial charge on any atom is 0.334 e. The monoisotopic (exact) mass is 394 g/mol. The number of esters is 3. The summed E-state index contributed by atoms with van der Waals surface area (Å²) in [7, 11) is 0. The molecule has 6 heteroatoms. The molecule has 4 atom stereocenters. The minimum Gasteiger partial charge on any atom is -0.458 e. The Bertz CT molecular complexity index is 926. The van der Waals surface area contributed by atoms with Crippen molar-refractivity contribution in [2.75, 3.05) is 0 Å². The number of ether oxygens (including phenoxy) is 3. The first-order valence-electron chi connectivity index (χ1n) is 9.63. The van der Waals surface area contributed by atoms with Crippen molar-refractivity contribution >= 4 is 17.9 Å². The SMILES string of the molecule is C=C1C(=O)O[C@H]2CC3=C[C@@H](C/C(C)=C/[C@@H](OC(=O)Cc4ccccc4)[C@H]12)OC3=O. The molecule has 0 amide bonds. The molecule has 2 heterocycles. The molecule has 29 heavy (non-hydrogen) atoms. The van der Waals surface area contributed by atoms with Gasteiger partial charge in [-0.3, -0.25) is 4.79 Å². The van der Waals surface area contributed by atoms with Crippen LogP contribution in [0, 0.1) is 5.92 Å². The van der Waals surface area contributed by atoms with Gasteiger partial charge in [-0.15, -0.1) is 0 Å². The molecule has 6 nitrogen and oxygen atoms in total. The minimum absolute atomic E-state index is 0.123. The van der Waals surface area contributed by atoms with Crippen molar-refractivity contribution in [1.82, 2.24) is 0 Å². The van der Waals surface area contributed by atoms with Crippen LogP contribution in [-0.2, 0) is 35.0 Å². The van der Waals surface area contributed by atoms with Crippen LogP contribution >= 0.6 is 0 Å². The molecule has 4 rings (SSSR count). The van der Waals surface area contributed by atoms with Crippen LogP contribution in [0.2, 0.25) is 0 Å². The van der Waals surface area contributed by atoms with Gasteiger partial charge >= 0.3 is 17.9 Å².